The number of amides is 2. The first-order chi connectivity index (χ1) is 17.9. The van der Waals surface area contributed by atoms with Crippen LogP contribution in [0.15, 0.2) is 49.1 Å². The molecule has 13 heteroatoms. The first-order valence-electron chi connectivity index (χ1n) is 11.9. The van der Waals surface area contributed by atoms with Crippen LogP contribution < -0.4 is 10.2 Å². The minimum Gasteiger partial charge on any atom is -0.444 e. The van der Waals surface area contributed by atoms with Crippen molar-refractivity contribution in [1.82, 2.24) is 24.6 Å². The van der Waals surface area contributed by atoms with Crippen LogP contribution in [-0.2, 0) is 22.3 Å². The second-order valence-electron chi connectivity index (χ2n) is 9.76. The van der Waals surface area contributed by atoms with Crippen molar-refractivity contribution in [2.75, 3.05) is 36.4 Å². The molecule has 10 nitrogen and oxygen atoms in total. The Hall–Kier alpha value is -4.16. The third-order valence-electron chi connectivity index (χ3n) is 5.63. The number of hydrogen-bond acceptors (Lipinski definition) is 7. The summed E-state index contributed by atoms with van der Waals surface area (Å²) < 4.78 is 45.5. The van der Waals surface area contributed by atoms with E-state index in [9.17, 15) is 22.8 Å². The normalized spacial score (nSPS) is 14.4. The van der Waals surface area contributed by atoms with Crippen LogP contribution in [0.2, 0.25) is 0 Å². The number of nitrogens with zero attached hydrogens (tertiary/aromatic N) is 6. The largest absolute Gasteiger partial charge is 0.444 e. The maximum atomic E-state index is 12.9. The van der Waals surface area contributed by atoms with E-state index in [-0.39, 0.29) is 12.6 Å². The Bertz CT molecular complexity index is 1280. The van der Waals surface area contributed by atoms with E-state index in [4.69, 9.17) is 4.74 Å². The number of carbonyl (C=O) groups is 2. The molecule has 3 aromatic heterocycles. The van der Waals surface area contributed by atoms with Gasteiger partial charge in [0, 0.05) is 44.1 Å². The van der Waals surface area contributed by atoms with Crippen molar-refractivity contribution in [3.05, 3.63) is 54.7 Å². The van der Waals surface area contributed by atoms with E-state index in [2.05, 4.69) is 25.3 Å². The van der Waals surface area contributed by atoms with Crippen molar-refractivity contribution < 1.29 is 27.5 Å². The molecule has 0 saturated carbocycles. The molecule has 3 aromatic rings. The van der Waals surface area contributed by atoms with Crippen LogP contribution in [0, 0.1) is 0 Å². The van der Waals surface area contributed by atoms with Crippen LogP contribution in [0.5, 0.6) is 0 Å². The molecule has 1 aliphatic heterocycles. The van der Waals surface area contributed by atoms with Gasteiger partial charge < -0.3 is 19.9 Å². The number of alkyl halides is 3. The van der Waals surface area contributed by atoms with Crippen molar-refractivity contribution in [3.8, 4) is 11.1 Å². The van der Waals surface area contributed by atoms with Gasteiger partial charge in [-0.3, -0.25) is 14.5 Å². The summed E-state index contributed by atoms with van der Waals surface area (Å²) in [6.45, 7) is 7.64. The molecule has 1 fully saturated rings. The van der Waals surface area contributed by atoms with Crippen LogP contribution >= 0.6 is 0 Å². The topological polar surface area (TPSA) is 105 Å². The van der Waals surface area contributed by atoms with Crippen molar-refractivity contribution in [3.63, 3.8) is 0 Å². The summed E-state index contributed by atoms with van der Waals surface area (Å²) >= 11 is 0. The summed E-state index contributed by atoms with van der Waals surface area (Å²) in [5.74, 6) is -0.0425. The molecule has 1 saturated heterocycles. The van der Waals surface area contributed by atoms with Gasteiger partial charge in [-0.25, -0.2) is 9.78 Å². The lowest BCUT2D eigenvalue weighted by Crippen LogP contribution is -2.50. The van der Waals surface area contributed by atoms with E-state index < -0.39 is 23.4 Å². The van der Waals surface area contributed by atoms with E-state index >= 15 is 0 Å². The monoisotopic (exact) mass is 531 g/mol. The van der Waals surface area contributed by atoms with Crippen LogP contribution in [-0.4, -0.2) is 68.4 Å². The highest BCUT2D eigenvalue weighted by molar-refractivity contribution is 5.89. The number of pyridine rings is 2. The molecule has 0 bridgehead atoms. The summed E-state index contributed by atoms with van der Waals surface area (Å²) in [7, 11) is 0. The maximum absolute atomic E-state index is 12.9. The lowest BCUT2D eigenvalue weighted by molar-refractivity contribution is -0.141. The number of rotatable bonds is 5. The Kier molecular flexibility index (Phi) is 7.56. The summed E-state index contributed by atoms with van der Waals surface area (Å²) in [5, 5.41) is 6.75. The molecule has 1 aliphatic rings. The summed E-state index contributed by atoms with van der Waals surface area (Å²) in [5.41, 5.74) is 0.0421. The number of halogens is 3. The first kappa shape index (κ1) is 26.9. The van der Waals surface area contributed by atoms with Crippen LogP contribution in [0.1, 0.15) is 26.5 Å². The summed E-state index contributed by atoms with van der Waals surface area (Å²) in [6.07, 6.45) is 0.721. The Morgan fingerprint density at radius 3 is 2.37 bits per heavy atom. The number of aromatic nitrogens is 4. The maximum Gasteiger partial charge on any atom is 0.433 e. The van der Waals surface area contributed by atoms with Gasteiger partial charge in [-0.1, -0.05) is 0 Å². The fourth-order valence-electron chi connectivity index (χ4n) is 3.81. The Balaban J connectivity index is 1.29. The molecular weight excluding hydrogens is 503 g/mol. The van der Waals surface area contributed by atoms with E-state index in [0.29, 0.717) is 43.1 Å². The second-order valence-corrected chi connectivity index (χ2v) is 9.76. The minimum atomic E-state index is -4.55. The highest BCUT2D eigenvalue weighted by Crippen LogP contribution is 2.30. The lowest BCUT2D eigenvalue weighted by Gasteiger charge is -2.36. The molecule has 0 atom stereocenters. The predicted octanol–water partition coefficient (Wildman–Crippen LogP) is 4.05. The quantitative estimate of drug-likeness (QED) is 0.530. The minimum absolute atomic E-state index is 0.146. The lowest BCUT2D eigenvalue weighted by atomic mass is 10.1. The molecule has 1 N–H and O–H groups in total. The molecule has 0 aliphatic carbocycles. The molecule has 202 valence electrons. The average molecular weight is 532 g/mol. The first-order valence-corrected chi connectivity index (χ1v) is 11.9. The molecule has 38 heavy (non-hydrogen) atoms. The summed E-state index contributed by atoms with van der Waals surface area (Å²) in [4.78, 5) is 36.1. The Morgan fingerprint density at radius 1 is 1.00 bits per heavy atom. The standard InChI is InChI=1S/C25H28F3N7O3/c1-24(2,3)38-23(37)34-10-8-33(9-11-34)19-4-5-21(30-14-19)32-22(36)16-35-15-18(13-31-35)17-6-7-29-20(12-17)25(26,27)28/h4-7,12-15H,8-11,16H2,1-3H3,(H,30,32,36). The van der Waals surface area contributed by atoms with E-state index in [1.54, 1.807) is 17.2 Å². The van der Waals surface area contributed by atoms with Crippen molar-refractivity contribution in [2.24, 2.45) is 0 Å². The summed E-state index contributed by atoms with van der Waals surface area (Å²) in [6, 6.07) is 5.89. The predicted molar refractivity (Wildman–Crippen MR) is 133 cm³/mol. The fraction of sp³-hybridized carbons (Fsp3) is 0.400. The van der Waals surface area contributed by atoms with Gasteiger partial charge in [-0.15, -0.1) is 0 Å². The van der Waals surface area contributed by atoms with Gasteiger partial charge in [0.25, 0.3) is 0 Å². The fourth-order valence-corrected chi connectivity index (χ4v) is 3.81. The number of carbonyl (C=O) groups excluding carboxylic acids is 2. The van der Waals surface area contributed by atoms with Gasteiger partial charge >= 0.3 is 12.3 Å². The van der Waals surface area contributed by atoms with Crippen molar-refractivity contribution >= 4 is 23.5 Å². The van der Waals surface area contributed by atoms with E-state index in [0.717, 1.165) is 18.0 Å². The van der Waals surface area contributed by atoms with Crippen LogP contribution in [0.25, 0.3) is 11.1 Å². The van der Waals surface area contributed by atoms with E-state index in [1.807, 2.05) is 26.8 Å². The van der Waals surface area contributed by atoms with Crippen LogP contribution in [0.4, 0.5) is 29.5 Å². The highest BCUT2D eigenvalue weighted by Gasteiger charge is 2.32. The zero-order chi connectivity index (χ0) is 27.5. The Labute approximate surface area is 217 Å². The molecule has 0 unspecified atom stereocenters. The van der Waals surface area contributed by atoms with Gasteiger partial charge in [0.15, 0.2) is 0 Å². The van der Waals surface area contributed by atoms with Gasteiger partial charge in [0.1, 0.15) is 23.7 Å². The van der Waals surface area contributed by atoms with Crippen molar-refractivity contribution in [2.45, 2.75) is 39.1 Å². The van der Waals surface area contributed by atoms with E-state index in [1.165, 1.54) is 23.1 Å². The molecule has 0 radical (unpaired) electrons. The number of piperazine rings is 1. The molecular formula is C25H28F3N7O3. The molecule has 4 heterocycles. The Morgan fingerprint density at radius 2 is 1.74 bits per heavy atom. The highest BCUT2D eigenvalue weighted by atomic mass is 19.4. The van der Waals surface area contributed by atoms with Gasteiger partial charge in [-0.05, 0) is 50.6 Å². The number of nitrogens with one attached hydrogen (secondary N) is 1. The zero-order valence-electron chi connectivity index (χ0n) is 21.2. The molecule has 2 amide bonds. The third-order valence-corrected chi connectivity index (χ3v) is 5.63. The smallest absolute Gasteiger partial charge is 0.433 e. The zero-order valence-corrected chi connectivity index (χ0v) is 21.2. The molecule has 0 aromatic carbocycles. The molecule has 0 spiro atoms. The van der Waals surface area contributed by atoms with Crippen molar-refractivity contribution in [1.29, 1.82) is 0 Å². The van der Waals surface area contributed by atoms with Gasteiger partial charge in [0.05, 0.1) is 18.1 Å². The van der Waals surface area contributed by atoms with Gasteiger partial charge in [0.2, 0.25) is 5.91 Å². The number of anilines is 2. The number of hydrogen-bond donors (Lipinski definition) is 1. The third kappa shape index (κ3) is 6.99. The molecule has 4 rings (SSSR count). The second kappa shape index (κ2) is 10.7. The average Bonchev–Trinajstić information content (AvgIpc) is 3.31. The SMILES string of the molecule is CC(C)(C)OC(=O)N1CCN(c2ccc(NC(=O)Cn3cc(-c4ccnc(C(F)(F)F)c4)cn3)nc2)CC1. The van der Waals surface area contributed by atoms with Crippen LogP contribution in [0.3, 0.4) is 0 Å². The number of ether oxygens (including phenoxy) is 1. The van der Waals surface area contributed by atoms with Gasteiger partial charge in [-0.2, -0.15) is 18.3 Å².